The highest BCUT2D eigenvalue weighted by Gasteiger charge is 2.17. The molecule has 3 nitrogen and oxygen atoms in total. The maximum atomic E-state index is 13.5. The van der Waals surface area contributed by atoms with Gasteiger partial charge in [-0.25, -0.2) is 4.39 Å². The number of nitrogens with one attached hydrogen (secondary N) is 1. The number of hydrogen-bond donors (Lipinski definition) is 2. The molecule has 1 aromatic heterocycles. The van der Waals surface area contributed by atoms with Crippen molar-refractivity contribution in [3.63, 3.8) is 0 Å². The Balaban J connectivity index is 2.32. The number of carbonyl (C=O) groups is 1. The van der Waals surface area contributed by atoms with Gasteiger partial charge >= 0.3 is 5.97 Å². The van der Waals surface area contributed by atoms with Crippen LogP contribution in [-0.2, 0) is 11.2 Å². The molecule has 0 spiro atoms. The standard InChI is InChI=1S/C18H16FNO2/c1-10-3-4-11(2)13(7-10)18-15(9-17(21)22)14-8-12(19)5-6-16(14)20-18/h3-8,20H,9H2,1-2H3,(H,21,22). The van der Waals surface area contributed by atoms with Crippen molar-refractivity contribution in [2.75, 3.05) is 0 Å². The van der Waals surface area contributed by atoms with Gasteiger partial charge in [0.2, 0.25) is 0 Å². The van der Waals surface area contributed by atoms with Crippen molar-refractivity contribution in [1.29, 1.82) is 0 Å². The third-order valence-electron chi connectivity index (χ3n) is 3.86. The molecular formula is C18H16FNO2. The van der Waals surface area contributed by atoms with E-state index in [1.165, 1.54) is 12.1 Å². The number of aryl methyl sites for hydroxylation is 2. The van der Waals surface area contributed by atoms with Gasteiger partial charge in [-0.15, -0.1) is 0 Å². The summed E-state index contributed by atoms with van der Waals surface area (Å²) in [5.41, 5.74) is 5.21. The van der Waals surface area contributed by atoms with Crippen LogP contribution in [0.2, 0.25) is 0 Å². The second-order valence-corrected chi connectivity index (χ2v) is 5.56. The smallest absolute Gasteiger partial charge is 0.307 e. The summed E-state index contributed by atoms with van der Waals surface area (Å²) >= 11 is 0. The number of fused-ring (bicyclic) bond motifs is 1. The van der Waals surface area contributed by atoms with Crippen LogP contribution >= 0.6 is 0 Å². The summed E-state index contributed by atoms with van der Waals surface area (Å²) in [5.74, 6) is -1.30. The zero-order chi connectivity index (χ0) is 15.9. The number of H-pyrrole nitrogens is 1. The summed E-state index contributed by atoms with van der Waals surface area (Å²) in [6, 6.07) is 10.4. The Morgan fingerprint density at radius 3 is 2.68 bits per heavy atom. The van der Waals surface area contributed by atoms with Gasteiger partial charge in [-0.1, -0.05) is 17.7 Å². The molecular weight excluding hydrogens is 281 g/mol. The van der Waals surface area contributed by atoms with Gasteiger partial charge in [-0.05, 0) is 49.2 Å². The maximum absolute atomic E-state index is 13.5. The SMILES string of the molecule is Cc1ccc(C)c(-c2[nH]c3ccc(F)cc3c2CC(=O)O)c1. The molecule has 4 heteroatoms. The molecule has 2 aromatic carbocycles. The monoisotopic (exact) mass is 297 g/mol. The minimum Gasteiger partial charge on any atom is -0.481 e. The van der Waals surface area contributed by atoms with Gasteiger partial charge in [0, 0.05) is 16.5 Å². The molecule has 0 aliphatic heterocycles. The first kappa shape index (κ1) is 14.3. The van der Waals surface area contributed by atoms with Crippen LogP contribution in [0.4, 0.5) is 4.39 Å². The molecule has 22 heavy (non-hydrogen) atoms. The minimum atomic E-state index is -0.934. The van der Waals surface area contributed by atoms with Crippen LogP contribution in [-0.4, -0.2) is 16.1 Å². The first-order valence-corrected chi connectivity index (χ1v) is 7.05. The second kappa shape index (κ2) is 5.30. The lowest BCUT2D eigenvalue weighted by atomic mass is 9.98. The molecule has 3 aromatic rings. The highest BCUT2D eigenvalue weighted by atomic mass is 19.1. The summed E-state index contributed by atoms with van der Waals surface area (Å²) in [5, 5.41) is 9.83. The highest BCUT2D eigenvalue weighted by Crippen LogP contribution is 2.33. The number of aliphatic carboxylic acids is 1. The van der Waals surface area contributed by atoms with Crippen LogP contribution in [0.15, 0.2) is 36.4 Å². The van der Waals surface area contributed by atoms with Gasteiger partial charge in [0.1, 0.15) is 5.82 Å². The van der Waals surface area contributed by atoms with E-state index in [0.717, 1.165) is 27.9 Å². The number of rotatable bonds is 3. The number of aromatic nitrogens is 1. The van der Waals surface area contributed by atoms with Crippen LogP contribution in [0.1, 0.15) is 16.7 Å². The fourth-order valence-corrected chi connectivity index (χ4v) is 2.79. The number of carboxylic acid groups (broad SMARTS) is 1. The maximum Gasteiger partial charge on any atom is 0.307 e. The van der Waals surface area contributed by atoms with E-state index in [0.29, 0.717) is 10.9 Å². The molecule has 0 fully saturated rings. The molecule has 0 saturated heterocycles. The highest BCUT2D eigenvalue weighted by molar-refractivity contribution is 5.94. The molecule has 0 saturated carbocycles. The van der Waals surface area contributed by atoms with E-state index in [2.05, 4.69) is 4.98 Å². The fourth-order valence-electron chi connectivity index (χ4n) is 2.79. The van der Waals surface area contributed by atoms with Crippen molar-refractivity contribution in [3.8, 4) is 11.3 Å². The van der Waals surface area contributed by atoms with E-state index in [-0.39, 0.29) is 12.2 Å². The van der Waals surface area contributed by atoms with Gasteiger partial charge in [-0.3, -0.25) is 4.79 Å². The molecule has 0 amide bonds. The normalized spacial score (nSPS) is 11.0. The summed E-state index contributed by atoms with van der Waals surface area (Å²) < 4.78 is 13.5. The number of carboxylic acids is 1. The first-order chi connectivity index (χ1) is 10.5. The Kier molecular flexibility index (Phi) is 3.45. The Morgan fingerprint density at radius 2 is 1.95 bits per heavy atom. The molecule has 2 N–H and O–H groups in total. The van der Waals surface area contributed by atoms with Crippen molar-refractivity contribution in [3.05, 3.63) is 58.9 Å². The molecule has 0 atom stereocenters. The predicted molar refractivity (Wildman–Crippen MR) is 84.5 cm³/mol. The average molecular weight is 297 g/mol. The second-order valence-electron chi connectivity index (χ2n) is 5.56. The van der Waals surface area contributed by atoms with Gasteiger partial charge in [0.15, 0.2) is 0 Å². The largest absolute Gasteiger partial charge is 0.481 e. The lowest BCUT2D eigenvalue weighted by Gasteiger charge is -2.08. The molecule has 112 valence electrons. The van der Waals surface area contributed by atoms with Gasteiger partial charge in [0.25, 0.3) is 0 Å². The molecule has 0 bridgehead atoms. The summed E-state index contributed by atoms with van der Waals surface area (Å²) in [7, 11) is 0. The number of halogens is 1. The molecule has 3 rings (SSSR count). The number of hydrogen-bond acceptors (Lipinski definition) is 1. The van der Waals surface area contributed by atoms with Gasteiger partial charge in [-0.2, -0.15) is 0 Å². The van der Waals surface area contributed by atoms with E-state index in [1.807, 2.05) is 32.0 Å². The molecule has 0 unspecified atom stereocenters. The number of benzene rings is 2. The minimum absolute atomic E-state index is 0.147. The summed E-state index contributed by atoms with van der Waals surface area (Å²) in [6.07, 6.45) is -0.147. The zero-order valence-corrected chi connectivity index (χ0v) is 12.4. The quantitative estimate of drug-likeness (QED) is 0.760. The van der Waals surface area contributed by atoms with Gasteiger partial charge < -0.3 is 10.1 Å². The predicted octanol–water partition coefficient (Wildman–Crippen LogP) is 4.22. The Labute approximate surface area is 127 Å². The van der Waals surface area contributed by atoms with Crippen LogP contribution in [0.3, 0.4) is 0 Å². The van der Waals surface area contributed by atoms with Crippen LogP contribution in [0.25, 0.3) is 22.2 Å². The summed E-state index contributed by atoms with van der Waals surface area (Å²) in [4.78, 5) is 14.5. The first-order valence-electron chi connectivity index (χ1n) is 7.05. The van der Waals surface area contributed by atoms with Gasteiger partial charge in [0.05, 0.1) is 12.1 Å². The Morgan fingerprint density at radius 1 is 1.18 bits per heavy atom. The van der Waals surface area contributed by atoms with Crippen molar-refractivity contribution >= 4 is 16.9 Å². The molecule has 0 aliphatic carbocycles. The van der Waals surface area contributed by atoms with E-state index >= 15 is 0 Å². The van der Waals surface area contributed by atoms with E-state index < -0.39 is 5.97 Å². The average Bonchev–Trinajstić information content (AvgIpc) is 2.79. The molecule has 0 radical (unpaired) electrons. The van der Waals surface area contributed by atoms with Crippen molar-refractivity contribution < 1.29 is 14.3 Å². The lowest BCUT2D eigenvalue weighted by molar-refractivity contribution is -0.136. The van der Waals surface area contributed by atoms with Crippen molar-refractivity contribution in [1.82, 2.24) is 4.98 Å². The van der Waals surface area contributed by atoms with Crippen LogP contribution in [0, 0.1) is 19.7 Å². The lowest BCUT2D eigenvalue weighted by Crippen LogP contribution is -2.01. The van der Waals surface area contributed by atoms with Crippen molar-refractivity contribution in [2.24, 2.45) is 0 Å². The third-order valence-corrected chi connectivity index (χ3v) is 3.86. The third kappa shape index (κ3) is 2.48. The number of aromatic amines is 1. The van der Waals surface area contributed by atoms with Crippen LogP contribution < -0.4 is 0 Å². The Hall–Kier alpha value is -2.62. The van der Waals surface area contributed by atoms with E-state index in [4.69, 9.17) is 0 Å². The molecule has 0 aliphatic rings. The zero-order valence-electron chi connectivity index (χ0n) is 12.4. The van der Waals surface area contributed by atoms with E-state index in [9.17, 15) is 14.3 Å². The Bertz CT molecular complexity index is 880. The fraction of sp³-hybridized carbons (Fsp3) is 0.167. The van der Waals surface area contributed by atoms with Crippen molar-refractivity contribution in [2.45, 2.75) is 20.3 Å². The topological polar surface area (TPSA) is 53.1 Å². The van der Waals surface area contributed by atoms with E-state index in [1.54, 1.807) is 6.07 Å². The molecule has 1 heterocycles. The van der Waals surface area contributed by atoms with Crippen LogP contribution in [0.5, 0.6) is 0 Å². The summed E-state index contributed by atoms with van der Waals surface area (Å²) in [6.45, 7) is 3.97.